The Morgan fingerprint density at radius 2 is 1.72 bits per heavy atom. The van der Waals surface area contributed by atoms with Crippen molar-refractivity contribution >= 4 is 27.5 Å². The van der Waals surface area contributed by atoms with Gasteiger partial charge in [-0.15, -0.1) is 0 Å². The van der Waals surface area contributed by atoms with Crippen LogP contribution in [0.1, 0.15) is 47.4 Å². The summed E-state index contributed by atoms with van der Waals surface area (Å²) in [5.41, 5.74) is 0.0241. The number of carbonyl (C=O) groups excluding carboxylic acids is 2. The zero-order valence-electron chi connectivity index (χ0n) is 16.0. The molecule has 29 heavy (non-hydrogen) atoms. The first kappa shape index (κ1) is 20.9. The summed E-state index contributed by atoms with van der Waals surface area (Å²) in [6.45, 7) is 3.30. The fraction of sp³-hybridized carbons (Fsp3) is 0.300. The molecule has 0 spiro atoms. The number of rotatable bonds is 7. The van der Waals surface area contributed by atoms with Crippen molar-refractivity contribution < 1.29 is 22.4 Å². The molecule has 154 valence electrons. The summed E-state index contributed by atoms with van der Waals surface area (Å²) < 4.78 is 41.3. The third-order valence-corrected chi connectivity index (χ3v) is 5.87. The van der Waals surface area contributed by atoms with Gasteiger partial charge in [0, 0.05) is 12.1 Å². The van der Waals surface area contributed by atoms with Crippen LogP contribution in [-0.2, 0) is 10.0 Å². The number of amides is 2. The fourth-order valence-electron chi connectivity index (χ4n) is 2.69. The minimum Gasteiger partial charge on any atom is -0.349 e. The lowest BCUT2D eigenvalue weighted by atomic mass is 10.1. The van der Waals surface area contributed by atoms with Crippen LogP contribution < -0.4 is 15.4 Å². The third-order valence-electron chi connectivity index (χ3n) is 4.22. The van der Waals surface area contributed by atoms with E-state index in [-0.39, 0.29) is 34.1 Å². The molecule has 2 aromatic rings. The summed E-state index contributed by atoms with van der Waals surface area (Å²) in [6.07, 6.45) is 1.83. The Kier molecular flexibility index (Phi) is 5.99. The van der Waals surface area contributed by atoms with Crippen LogP contribution in [0.5, 0.6) is 0 Å². The molecule has 2 aromatic carbocycles. The number of nitrogens with one attached hydrogen (secondary N) is 3. The van der Waals surface area contributed by atoms with Crippen molar-refractivity contribution in [3.8, 4) is 0 Å². The van der Waals surface area contributed by atoms with Gasteiger partial charge in [-0.2, -0.15) is 0 Å². The van der Waals surface area contributed by atoms with E-state index in [1.54, 1.807) is 32.0 Å². The molecule has 1 aliphatic carbocycles. The van der Waals surface area contributed by atoms with Gasteiger partial charge in [0.25, 0.3) is 11.8 Å². The summed E-state index contributed by atoms with van der Waals surface area (Å²) in [6, 6.07) is 9.13. The Morgan fingerprint density at radius 1 is 1.03 bits per heavy atom. The molecule has 0 aromatic heterocycles. The Hall–Kier alpha value is -2.78. The smallest absolute Gasteiger partial charge is 0.258 e. The largest absolute Gasteiger partial charge is 0.349 e. The molecule has 0 saturated heterocycles. The highest BCUT2D eigenvalue weighted by molar-refractivity contribution is 7.89. The van der Waals surface area contributed by atoms with Gasteiger partial charge in [0.15, 0.2) is 0 Å². The molecule has 1 saturated carbocycles. The minimum absolute atomic E-state index is 0.138. The molecule has 9 heteroatoms. The average molecular weight is 419 g/mol. The quantitative estimate of drug-likeness (QED) is 0.642. The van der Waals surface area contributed by atoms with Gasteiger partial charge in [-0.3, -0.25) is 9.59 Å². The Labute approximate surface area is 168 Å². The summed E-state index contributed by atoms with van der Waals surface area (Å²) in [5, 5.41) is 5.34. The molecule has 0 heterocycles. The van der Waals surface area contributed by atoms with Crippen LogP contribution in [0.3, 0.4) is 0 Å². The monoisotopic (exact) mass is 419 g/mol. The van der Waals surface area contributed by atoms with Crippen molar-refractivity contribution in [1.82, 2.24) is 10.0 Å². The first-order valence-corrected chi connectivity index (χ1v) is 10.7. The molecule has 0 radical (unpaired) electrons. The number of sulfonamides is 1. The van der Waals surface area contributed by atoms with Gasteiger partial charge < -0.3 is 10.6 Å². The van der Waals surface area contributed by atoms with Crippen molar-refractivity contribution in [2.24, 2.45) is 0 Å². The van der Waals surface area contributed by atoms with Crippen molar-refractivity contribution in [1.29, 1.82) is 0 Å². The zero-order chi connectivity index (χ0) is 21.2. The van der Waals surface area contributed by atoms with Crippen LogP contribution >= 0.6 is 0 Å². The lowest BCUT2D eigenvalue weighted by molar-refractivity contribution is 0.0952. The highest BCUT2D eigenvalue weighted by atomic mass is 32.2. The fourth-order valence-corrected chi connectivity index (χ4v) is 3.97. The highest BCUT2D eigenvalue weighted by Crippen LogP contribution is 2.23. The maximum absolute atomic E-state index is 14.3. The normalized spacial score (nSPS) is 13.9. The van der Waals surface area contributed by atoms with Crippen LogP contribution in [0.4, 0.5) is 10.1 Å². The predicted molar refractivity (Wildman–Crippen MR) is 107 cm³/mol. The van der Waals surface area contributed by atoms with E-state index in [1.807, 2.05) is 0 Å². The van der Waals surface area contributed by atoms with E-state index in [0.717, 1.165) is 31.0 Å². The number of halogens is 1. The first-order chi connectivity index (χ1) is 13.7. The molecule has 3 rings (SSSR count). The van der Waals surface area contributed by atoms with E-state index in [0.29, 0.717) is 0 Å². The van der Waals surface area contributed by atoms with Gasteiger partial charge in [0.2, 0.25) is 10.0 Å². The zero-order valence-corrected chi connectivity index (χ0v) is 16.8. The van der Waals surface area contributed by atoms with Gasteiger partial charge in [0.05, 0.1) is 21.7 Å². The molecule has 1 fully saturated rings. The van der Waals surface area contributed by atoms with Crippen LogP contribution in [0.15, 0.2) is 47.4 Å². The van der Waals surface area contributed by atoms with Crippen LogP contribution in [-0.4, -0.2) is 32.3 Å². The lowest BCUT2D eigenvalue weighted by Crippen LogP contribution is -2.30. The van der Waals surface area contributed by atoms with Crippen molar-refractivity contribution in [2.45, 2.75) is 43.7 Å². The van der Waals surface area contributed by atoms with E-state index in [1.165, 1.54) is 6.07 Å². The molecule has 0 bridgehead atoms. The number of anilines is 1. The Morgan fingerprint density at radius 3 is 2.38 bits per heavy atom. The molecule has 2 amide bonds. The summed E-state index contributed by atoms with van der Waals surface area (Å²) in [7, 11) is -3.89. The highest BCUT2D eigenvalue weighted by Gasteiger charge is 2.25. The minimum atomic E-state index is -3.89. The van der Waals surface area contributed by atoms with E-state index in [4.69, 9.17) is 0 Å². The van der Waals surface area contributed by atoms with Crippen molar-refractivity contribution in [3.05, 3.63) is 59.4 Å². The van der Waals surface area contributed by atoms with Crippen molar-refractivity contribution in [3.63, 3.8) is 0 Å². The molecule has 0 aliphatic heterocycles. The van der Waals surface area contributed by atoms with Crippen LogP contribution in [0, 0.1) is 5.82 Å². The summed E-state index contributed by atoms with van der Waals surface area (Å²) in [4.78, 5) is 24.8. The number of hydrogen-bond donors (Lipinski definition) is 3. The maximum Gasteiger partial charge on any atom is 0.258 e. The third kappa shape index (κ3) is 5.18. The second-order valence-electron chi connectivity index (χ2n) is 7.17. The van der Waals surface area contributed by atoms with E-state index < -0.39 is 27.3 Å². The maximum atomic E-state index is 14.3. The second-order valence-corrected chi connectivity index (χ2v) is 8.88. The van der Waals surface area contributed by atoms with Crippen LogP contribution in [0.2, 0.25) is 0 Å². The average Bonchev–Trinajstić information content (AvgIpc) is 3.45. The number of benzene rings is 2. The lowest BCUT2D eigenvalue weighted by Gasteiger charge is -2.13. The first-order valence-electron chi connectivity index (χ1n) is 9.20. The molecule has 7 nitrogen and oxygen atoms in total. The van der Waals surface area contributed by atoms with E-state index >= 15 is 0 Å². The number of para-hydroxylation sites is 1. The molecule has 0 unspecified atom stereocenters. The molecule has 1 aliphatic rings. The standard InChI is InChI=1S/C20H22FN3O4S/c1-12(2)24-29(27,28)14-9-10-17(21)16(11-14)20(26)23-18-6-4-3-5-15(18)19(25)22-13-7-8-13/h3-6,9-13,24H,7-8H2,1-2H3,(H,22,25)(H,23,26). The van der Waals surface area contributed by atoms with Gasteiger partial charge in [-0.05, 0) is 57.0 Å². The SMILES string of the molecule is CC(C)NS(=O)(=O)c1ccc(F)c(C(=O)Nc2ccccc2C(=O)NC2CC2)c1. The molecular weight excluding hydrogens is 397 g/mol. The molecule has 3 N–H and O–H groups in total. The van der Waals surface area contributed by atoms with Gasteiger partial charge in [-0.1, -0.05) is 12.1 Å². The second kappa shape index (κ2) is 8.30. The van der Waals surface area contributed by atoms with Gasteiger partial charge >= 0.3 is 0 Å². The van der Waals surface area contributed by atoms with Crippen LogP contribution in [0.25, 0.3) is 0 Å². The van der Waals surface area contributed by atoms with Crippen molar-refractivity contribution in [2.75, 3.05) is 5.32 Å². The molecular formula is C20H22FN3O4S. The van der Waals surface area contributed by atoms with Gasteiger partial charge in [0.1, 0.15) is 5.82 Å². The van der Waals surface area contributed by atoms with E-state index in [9.17, 15) is 22.4 Å². The number of carbonyl (C=O) groups is 2. The van der Waals surface area contributed by atoms with Gasteiger partial charge in [-0.25, -0.2) is 17.5 Å². The summed E-state index contributed by atoms with van der Waals surface area (Å²) in [5.74, 6) is -2.05. The topological polar surface area (TPSA) is 104 Å². The van der Waals surface area contributed by atoms with E-state index in [2.05, 4.69) is 15.4 Å². The Bertz CT molecular complexity index is 1050. The summed E-state index contributed by atoms with van der Waals surface area (Å²) >= 11 is 0. The predicted octanol–water partition coefficient (Wildman–Crippen LogP) is 2.66. The number of hydrogen-bond acceptors (Lipinski definition) is 4. The molecule has 0 atom stereocenters. The Balaban J connectivity index is 1.86.